The van der Waals surface area contributed by atoms with Gasteiger partial charge in [-0.3, -0.25) is 4.57 Å². The van der Waals surface area contributed by atoms with Crippen molar-refractivity contribution in [1.82, 2.24) is 19.9 Å². The maximum Gasteiger partial charge on any atom is 0.335 e. The molecule has 1 saturated carbocycles. The van der Waals surface area contributed by atoms with Gasteiger partial charge in [0.15, 0.2) is 22.1 Å². The molecule has 1 aliphatic carbocycles. The minimum Gasteiger partial charge on any atom is -0.382 e. The number of aromatic amines is 1. The second-order valence-corrected chi connectivity index (χ2v) is 9.28. The standard InChI is InChI=1S/C14H22N5O3PS/c15-12-11-13(19-14(18-11)24-8-23(20,21)22)17-10(16-12)7-6-9-4-2-1-3-5-9/h9H,1-8H2,(H2,20,21,22)(H3,15,16,17,18,19). The Morgan fingerprint density at radius 1 is 1.21 bits per heavy atom. The number of hydrogen-bond acceptors (Lipinski definition) is 6. The average Bonchev–Trinajstić information content (AvgIpc) is 2.95. The van der Waals surface area contributed by atoms with Crippen LogP contribution >= 0.6 is 19.4 Å². The van der Waals surface area contributed by atoms with Gasteiger partial charge < -0.3 is 20.5 Å². The Morgan fingerprint density at radius 2 is 1.96 bits per heavy atom. The Labute approximate surface area is 144 Å². The molecular formula is C14H22N5O3PS. The molecule has 0 bridgehead atoms. The van der Waals surface area contributed by atoms with Gasteiger partial charge in [0.25, 0.3) is 0 Å². The Kier molecular flexibility index (Phi) is 5.44. The summed E-state index contributed by atoms with van der Waals surface area (Å²) < 4.78 is 11.0. The van der Waals surface area contributed by atoms with Gasteiger partial charge in [-0.25, -0.2) is 15.0 Å². The third-order valence-corrected chi connectivity index (χ3v) is 6.59. The minimum absolute atomic E-state index is 0.304. The second kappa shape index (κ2) is 7.39. The first-order valence-corrected chi connectivity index (χ1v) is 10.9. The fraction of sp³-hybridized carbons (Fsp3) is 0.643. The first-order chi connectivity index (χ1) is 11.4. The van der Waals surface area contributed by atoms with E-state index in [-0.39, 0.29) is 5.49 Å². The number of nitrogen functional groups attached to an aromatic ring is 1. The molecule has 1 fully saturated rings. The average molecular weight is 371 g/mol. The van der Waals surface area contributed by atoms with Gasteiger partial charge in [-0.1, -0.05) is 43.9 Å². The van der Waals surface area contributed by atoms with Crippen molar-refractivity contribution in [3.63, 3.8) is 0 Å². The monoisotopic (exact) mass is 371 g/mol. The molecule has 3 rings (SSSR count). The van der Waals surface area contributed by atoms with Gasteiger partial charge in [0.1, 0.15) is 11.3 Å². The summed E-state index contributed by atoms with van der Waals surface area (Å²) in [5.74, 6) is 1.74. The van der Waals surface area contributed by atoms with Crippen molar-refractivity contribution < 1.29 is 14.4 Å². The molecule has 2 aromatic rings. The predicted octanol–water partition coefficient (Wildman–Crippen LogP) is 2.68. The van der Waals surface area contributed by atoms with Crippen LogP contribution < -0.4 is 5.73 Å². The van der Waals surface area contributed by atoms with Gasteiger partial charge >= 0.3 is 7.60 Å². The van der Waals surface area contributed by atoms with Gasteiger partial charge in [0, 0.05) is 6.42 Å². The second-order valence-electron chi connectivity index (χ2n) is 6.25. The largest absolute Gasteiger partial charge is 0.382 e. The molecule has 10 heteroatoms. The number of thioether (sulfide) groups is 1. The fourth-order valence-corrected chi connectivity index (χ4v) is 4.57. The number of imidazole rings is 1. The first kappa shape index (κ1) is 17.7. The van der Waals surface area contributed by atoms with Gasteiger partial charge in [0.05, 0.1) is 0 Å². The lowest BCUT2D eigenvalue weighted by Crippen LogP contribution is -2.09. The van der Waals surface area contributed by atoms with Crippen molar-refractivity contribution in [2.45, 2.75) is 50.1 Å². The van der Waals surface area contributed by atoms with Crippen LogP contribution in [0, 0.1) is 5.92 Å². The molecule has 0 atom stereocenters. The number of aromatic nitrogens is 4. The van der Waals surface area contributed by atoms with E-state index in [1.165, 1.54) is 32.1 Å². The number of nitrogens with one attached hydrogen (secondary N) is 1. The van der Waals surface area contributed by atoms with Crippen LogP contribution in [0.5, 0.6) is 0 Å². The Balaban J connectivity index is 1.70. The minimum atomic E-state index is -4.09. The lowest BCUT2D eigenvalue weighted by Gasteiger charge is -2.20. The van der Waals surface area contributed by atoms with E-state index < -0.39 is 7.60 Å². The maximum atomic E-state index is 11.0. The first-order valence-electron chi connectivity index (χ1n) is 8.10. The van der Waals surface area contributed by atoms with Crippen LogP contribution in [0.25, 0.3) is 11.2 Å². The molecule has 0 aromatic carbocycles. The molecule has 0 unspecified atom stereocenters. The van der Waals surface area contributed by atoms with Gasteiger partial charge in [-0.15, -0.1) is 0 Å². The third kappa shape index (κ3) is 4.69. The van der Waals surface area contributed by atoms with Crippen molar-refractivity contribution in [3.8, 4) is 0 Å². The van der Waals surface area contributed by atoms with Gasteiger partial charge in [0.2, 0.25) is 0 Å². The molecule has 132 valence electrons. The highest BCUT2D eigenvalue weighted by Crippen LogP contribution is 2.40. The van der Waals surface area contributed by atoms with Crippen LogP contribution in [-0.4, -0.2) is 35.2 Å². The third-order valence-electron chi connectivity index (χ3n) is 4.27. The van der Waals surface area contributed by atoms with Gasteiger partial charge in [-0.05, 0) is 12.3 Å². The summed E-state index contributed by atoms with van der Waals surface area (Å²) in [5.41, 5.74) is 6.60. The lowest BCUT2D eigenvalue weighted by molar-refractivity contribution is 0.337. The van der Waals surface area contributed by atoms with E-state index in [0.29, 0.717) is 28.0 Å². The Morgan fingerprint density at radius 3 is 2.67 bits per heavy atom. The summed E-state index contributed by atoms with van der Waals surface area (Å²) in [4.78, 5) is 33.9. The molecule has 0 radical (unpaired) electrons. The van der Waals surface area contributed by atoms with Crippen molar-refractivity contribution in [3.05, 3.63) is 5.82 Å². The zero-order chi connectivity index (χ0) is 17.2. The molecular weight excluding hydrogens is 349 g/mol. The topological polar surface area (TPSA) is 138 Å². The Hall–Kier alpha value is -1.15. The van der Waals surface area contributed by atoms with Crippen LogP contribution in [0.15, 0.2) is 5.16 Å². The number of nitrogens with zero attached hydrogens (tertiary/aromatic N) is 3. The zero-order valence-corrected chi connectivity index (χ0v) is 15.0. The number of nitrogens with two attached hydrogens (primary N) is 1. The molecule has 5 N–H and O–H groups in total. The summed E-state index contributed by atoms with van der Waals surface area (Å²) in [6.45, 7) is 0. The number of hydrogen-bond donors (Lipinski definition) is 4. The predicted molar refractivity (Wildman–Crippen MR) is 93.8 cm³/mol. The number of anilines is 1. The molecule has 0 spiro atoms. The van der Waals surface area contributed by atoms with Crippen LogP contribution in [0.3, 0.4) is 0 Å². The van der Waals surface area contributed by atoms with Crippen LogP contribution in [-0.2, 0) is 11.0 Å². The SMILES string of the molecule is Nc1nc(CCC2CCCCC2)nc2[nH]c(SCP(=O)(O)O)nc12. The molecule has 8 nitrogen and oxygen atoms in total. The molecule has 24 heavy (non-hydrogen) atoms. The van der Waals surface area contributed by atoms with Crippen molar-refractivity contribution in [1.29, 1.82) is 0 Å². The number of rotatable bonds is 6. The van der Waals surface area contributed by atoms with Crippen molar-refractivity contribution >= 4 is 36.3 Å². The number of fused-ring (bicyclic) bond motifs is 1. The van der Waals surface area contributed by atoms with E-state index in [9.17, 15) is 4.57 Å². The highest BCUT2D eigenvalue weighted by molar-refractivity contribution is 8.04. The van der Waals surface area contributed by atoms with Crippen molar-refractivity contribution in [2.75, 3.05) is 11.2 Å². The molecule has 0 saturated heterocycles. The maximum absolute atomic E-state index is 11.0. The van der Waals surface area contributed by atoms with Crippen LogP contribution in [0.1, 0.15) is 44.3 Å². The highest BCUT2D eigenvalue weighted by Gasteiger charge is 2.18. The summed E-state index contributed by atoms with van der Waals surface area (Å²) >= 11 is 0.951. The molecule has 0 amide bonds. The van der Waals surface area contributed by atoms with Gasteiger partial charge in [-0.2, -0.15) is 0 Å². The highest BCUT2D eigenvalue weighted by atomic mass is 32.2. The lowest BCUT2D eigenvalue weighted by atomic mass is 9.86. The van der Waals surface area contributed by atoms with E-state index in [1.54, 1.807) is 0 Å². The van der Waals surface area contributed by atoms with E-state index in [1.807, 2.05) is 0 Å². The number of H-pyrrole nitrogens is 1. The summed E-state index contributed by atoms with van der Waals surface area (Å²) in [6.07, 6.45) is 8.39. The summed E-state index contributed by atoms with van der Waals surface area (Å²) in [5, 5.41) is 0.388. The van der Waals surface area contributed by atoms with E-state index in [4.69, 9.17) is 15.5 Å². The van der Waals surface area contributed by atoms with Crippen LogP contribution in [0.4, 0.5) is 5.82 Å². The van der Waals surface area contributed by atoms with Crippen molar-refractivity contribution in [2.24, 2.45) is 5.92 Å². The van der Waals surface area contributed by atoms with E-state index >= 15 is 0 Å². The number of aryl methyl sites for hydroxylation is 1. The quantitative estimate of drug-likeness (QED) is 0.449. The zero-order valence-electron chi connectivity index (χ0n) is 13.3. The van der Waals surface area contributed by atoms with Crippen LogP contribution in [0.2, 0.25) is 0 Å². The molecule has 0 aliphatic heterocycles. The molecule has 2 heterocycles. The van der Waals surface area contributed by atoms with E-state index in [0.717, 1.165) is 30.5 Å². The fourth-order valence-electron chi connectivity index (χ4n) is 3.08. The smallest absolute Gasteiger partial charge is 0.335 e. The summed E-state index contributed by atoms with van der Waals surface area (Å²) in [7, 11) is -4.09. The Bertz CT molecular complexity index is 756. The molecule has 2 aromatic heterocycles. The normalized spacial score (nSPS) is 16.8. The summed E-state index contributed by atoms with van der Waals surface area (Å²) in [6, 6.07) is 0. The molecule has 1 aliphatic rings. The van der Waals surface area contributed by atoms with E-state index in [2.05, 4.69) is 19.9 Å².